The molecule has 0 saturated heterocycles. The van der Waals surface area contributed by atoms with Crippen molar-refractivity contribution < 1.29 is 27.0 Å². The Labute approximate surface area is 252 Å². The molecular weight excluding hydrogens is 627 g/mol. The fraction of sp³-hybridized carbons (Fsp3) is 0.300. The molecule has 1 unspecified atom stereocenters. The van der Waals surface area contributed by atoms with Gasteiger partial charge in [-0.05, 0) is 70.4 Å². The van der Waals surface area contributed by atoms with Gasteiger partial charge in [0.1, 0.15) is 30.3 Å². The summed E-state index contributed by atoms with van der Waals surface area (Å²) in [7, 11) is -3.15. The normalized spacial score (nSPS) is 16.5. The number of fused-ring (bicyclic) bond motifs is 1. The molecule has 0 bridgehead atoms. The second-order valence-corrected chi connectivity index (χ2v) is 13.0. The Balaban J connectivity index is 1.32. The quantitative estimate of drug-likeness (QED) is 0.168. The standard InChI is InChI=1S/C30H30BrFN4O5S/c1-2-12-42(37,38)13-11-39-19-30(9-4-10-41-30)28-16-24-26(17-33-28)34-20-35-29(24)36-23-7-8-27(25(31)15-23)40-18-21-5-3-6-22(32)14-21/h3-8,10,14-17,20H,2,9,11-13,18-19H2,1H3,(H,34,35,36). The summed E-state index contributed by atoms with van der Waals surface area (Å²) in [6.07, 6.45) is 7.71. The van der Waals surface area contributed by atoms with Gasteiger partial charge in [0.25, 0.3) is 0 Å². The van der Waals surface area contributed by atoms with E-state index in [1.165, 1.54) is 18.5 Å². The molecule has 0 saturated carbocycles. The topological polar surface area (TPSA) is 113 Å². The first kappa shape index (κ1) is 29.9. The van der Waals surface area contributed by atoms with Gasteiger partial charge in [-0.25, -0.2) is 22.8 Å². The minimum atomic E-state index is -3.15. The summed E-state index contributed by atoms with van der Waals surface area (Å²) in [6.45, 7) is 2.28. The number of aromatic nitrogens is 3. The zero-order valence-electron chi connectivity index (χ0n) is 22.9. The Bertz CT molecular complexity index is 1690. The molecule has 1 atom stereocenters. The van der Waals surface area contributed by atoms with E-state index in [1.54, 1.807) is 24.6 Å². The lowest BCUT2D eigenvalue weighted by atomic mass is 9.96. The van der Waals surface area contributed by atoms with Crippen molar-refractivity contribution in [2.24, 2.45) is 0 Å². The summed E-state index contributed by atoms with van der Waals surface area (Å²) in [5.74, 6) is 0.970. The van der Waals surface area contributed by atoms with E-state index in [4.69, 9.17) is 14.2 Å². The third kappa shape index (κ3) is 7.23. The van der Waals surface area contributed by atoms with Crippen LogP contribution in [0.4, 0.5) is 15.9 Å². The monoisotopic (exact) mass is 656 g/mol. The van der Waals surface area contributed by atoms with Gasteiger partial charge in [-0.3, -0.25) is 4.98 Å². The van der Waals surface area contributed by atoms with Crippen LogP contribution < -0.4 is 10.1 Å². The maximum absolute atomic E-state index is 13.5. The van der Waals surface area contributed by atoms with Crippen molar-refractivity contribution in [2.75, 3.05) is 30.0 Å². The van der Waals surface area contributed by atoms with Crippen LogP contribution in [0.2, 0.25) is 0 Å². The molecule has 1 aliphatic rings. The summed E-state index contributed by atoms with van der Waals surface area (Å²) in [5, 5.41) is 4.07. The molecule has 3 heterocycles. The Morgan fingerprint density at radius 2 is 2.00 bits per heavy atom. The maximum Gasteiger partial charge on any atom is 0.176 e. The number of pyridine rings is 1. The summed E-state index contributed by atoms with van der Waals surface area (Å²) in [6, 6.07) is 13.7. The largest absolute Gasteiger partial charge is 0.488 e. The Hall–Kier alpha value is -3.61. The van der Waals surface area contributed by atoms with Crippen LogP contribution in [0.1, 0.15) is 31.0 Å². The van der Waals surface area contributed by atoms with Crippen LogP contribution in [0, 0.1) is 5.82 Å². The number of benzene rings is 2. The van der Waals surface area contributed by atoms with E-state index in [9.17, 15) is 12.8 Å². The number of rotatable bonds is 13. The van der Waals surface area contributed by atoms with Crippen LogP contribution in [-0.2, 0) is 31.5 Å². The lowest BCUT2D eigenvalue weighted by Crippen LogP contribution is -2.33. The highest BCUT2D eigenvalue weighted by atomic mass is 79.9. The number of nitrogens with one attached hydrogen (secondary N) is 1. The summed E-state index contributed by atoms with van der Waals surface area (Å²) >= 11 is 3.56. The lowest BCUT2D eigenvalue weighted by molar-refractivity contribution is -0.0446. The average molecular weight is 658 g/mol. The second kappa shape index (κ2) is 13.1. The fourth-order valence-electron chi connectivity index (χ4n) is 4.56. The molecule has 5 rings (SSSR count). The van der Waals surface area contributed by atoms with Crippen molar-refractivity contribution in [3.8, 4) is 5.75 Å². The van der Waals surface area contributed by atoms with Crippen LogP contribution in [-0.4, -0.2) is 48.1 Å². The Morgan fingerprint density at radius 1 is 1.12 bits per heavy atom. The first-order valence-electron chi connectivity index (χ1n) is 13.4. The van der Waals surface area contributed by atoms with E-state index in [-0.39, 0.29) is 37.1 Å². The summed E-state index contributed by atoms with van der Waals surface area (Å²) < 4.78 is 56.0. The minimum absolute atomic E-state index is 0.0401. The van der Waals surface area contributed by atoms with Gasteiger partial charge in [-0.15, -0.1) is 0 Å². The van der Waals surface area contributed by atoms with Crippen LogP contribution in [0.15, 0.2) is 77.9 Å². The van der Waals surface area contributed by atoms with Gasteiger partial charge in [0.2, 0.25) is 0 Å². The molecule has 1 aliphatic heterocycles. The molecule has 0 amide bonds. The molecule has 1 N–H and O–H groups in total. The fourth-order valence-corrected chi connectivity index (χ4v) is 6.25. The second-order valence-electron chi connectivity index (χ2n) is 9.89. The number of sulfone groups is 1. The van der Waals surface area contributed by atoms with Crippen molar-refractivity contribution in [1.82, 2.24) is 15.0 Å². The number of hydrogen-bond acceptors (Lipinski definition) is 9. The highest BCUT2D eigenvalue weighted by Gasteiger charge is 2.38. The van der Waals surface area contributed by atoms with Crippen molar-refractivity contribution >= 4 is 48.2 Å². The van der Waals surface area contributed by atoms with Gasteiger partial charge in [0.15, 0.2) is 15.4 Å². The molecule has 9 nitrogen and oxygen atoms in total. The number of ether oxygens (including phenoxy) is 3. The van der Waals surface area contributed by atoms with Gasteiger partial charge < -0.3 is 19.5 Å². The molecule has 12 heteroatoms. The number of halogens is 2. The van der Waals surface area contributed by atoms with Crippen molar-refractivity contribution in [2.45, 2.75) is 32.0 Å². The van der Waals surface area contributed by atoms with Gasteiger partial charge in [-0.1, -0.05) is 19.1 Å². The van der Waals surface area contributed by atoms with E-state index in [2.05, 4.69) is 36.2 Å². The van der Waals surface area contributed by atoms with E-state index in [0.717, 1.165) is 16.6 Å². The number of nitrogens with zero attached hydrogens (tertiary/aromatic N) is 3. The first-order chi connectivity index (χ1) is 20.3. The van der Waals surface area contributed by atoms with Crippen LogP contribution in [0.3, 0.4) is 0 Å². The predicted molar refractivity (Wildman–Crippen MR) is 162 cm³/mol. The number of anilines is 2. The van der Waals surface area contributed by atoms with Crippen molar-refractivity contribution in [3.05, 3.63) is 94.9 Å². The van der Waals surface area contributed by atoms with Crippen LogP contribution in [0.25, 0.3) is 10.9 Å². The molecule has 0 spiro atoms. The predicted octanol–water partition coefficient (Wildman–Crippen LogP) is 6.22. The third-order valence-corrected chi connectivity index (χ3v) is 9.13. The molecule has 2 aromatic heterocycles. The molecule has 220 valence electrons. The van der Waals surface area contributed by atoms with E-state index < -0.39 is 15.4 Å². The average Bonchev–Trinajstić information content (AvgIpc) is 3.45. The molecule has 0 fully saturated rings. The van der Waals surface area contributed by atoms with Crippen LogP contribution in [0.5, 0.6) is 5.75 Å². The third-order valence-electron chi connectivity index (χ3n) is 6.69. The van der Waals surface area contributed by atoms with Crippen molar-refractivity contribution in [1.29, 1.82) is 0 Å². The van der Waals surface area contributed by atoms with Crippen LogP contribution >= 0.6 is 15.9 Å². The summed E-state index contributed by atoms with van der Waals surface area (Å²) in [4.78, 5) is 13.4. The highest BCUT2D eigenvalue weighted by molar-refractivity contribution is 9.10. The molecular formula is C30H30BrFN4O5S. The zero-order valence-corrected chi connectivity index (χ0v) is 25.3. The highest BCUT2D eigenvalue weighted by Crippen LogP contribution is 2.37. The van der Waals surface area contributed by atoms with Gasteiger partial charge >= 0.3 is 0 Å². The smallest absolute Gasteiger partial charge is 0.176 e. The van der Waals surface area contributed by atoms with Gasteiger partial charge in [0, 0.05) is 23.2 Å². The van der Waals surface area contributed by atoms with E-state index >= 15 is 0 Å². The van der Waals surface area contributed by atoms with Gasteiger partial charge in [-0.2, -0.15) is 0 Å². The van der Waals surface area contributed by atoms with Gasteiger partial charge in [0.05, 0.1) is 47.1 Å². The SMILES string of the molecule is CCCS(=O)(=O)CCOCC1(c2cc3c(Nc4ccc(OCc5cccc(F)c5)c(Br)c4)ncnc3cn2)CC=CO1. The first-order valence-corrected chi connectivity index (χ1v) is 16.0. The minimum Gasteiger partial charge on any atom is -0.488 e. The summed E-state index contributed by atoms with van der Waals surface area (Å²) in [5.41, 5.74) is 1.85. The Morgan fingerprint density at radius 3 is 2.76 bits per heavy atom. The molecule has 2 aromatic carbocycles. The Kier molecular flexibility index (Phi) is 9.34. The molecule has 0 aliphatic carbocycles. The molecule has 42 heavy (non-hydrogen) atoms. The molecule has 4 aromatic rings. The number of hydrogen-bond donors (Lipinski definition) is 1. The molecule has 0 radical (unpaired) electrons. The zero-order chi connectivity index (χ0) is 29.6. The maximum atomic E-state index is 13.5. The van der Waals surface area contributed by atoms with Crippen molar-refractivity contribution in [3.63, 3.8) is 0 Å². The van der Waals surface area contributed by atoms with E-state index in [0.29, 0.717) is 40.1 Å². The van der Waals surface area contributed by atoms with E-state index in [1.807, 2.05) is 37.3 Å². The lowest BCUT2D eigenvalue weighted by Gasteiger charge is -2.28.